The molecule has 2 aliphatic heterocycles. The SMILES string of the molecule is CN1[C@@H]2CC[C@H]1CC(Nc1nc(Cl)ncc1F)C2.Cl. The zero-order chi connectivity index (χ0) is 12.7. The van der Waals surface area contributed by atoms with Gasteiger partial charge in [0.25, 0.3) is 0 Å². The lowest BCUT2D eigenvalue weighted by atomic mass is 9.98. The summed E-state index contributed by atoms with van der Waals surface area (Å²) in [5.74, 6) is -0.213. The smallest absolute Gasteiger partial charge is 0.224 e. The first-order valence-electron chi connectivity index (χ1n) is 6.30. The standard InChI is InChI=1S/C12H16ClFN4.ClH/c1-18-8-2-3-9(18)5-7(4-8)16-11-10(14)6-15-12(13)17-11;/h6-9H,2-5H2,1H3,(H,15,16,17);1H/t7?,8-,9+;. The molecule has 106 valence electrons. The van der Waals surface area contributed by atoms with Crippen molar-refractivity contribution in [2.45, 2.75) is 43.8 Å². The van der Waals surface area contributed by atoms with Gasteiger partial charge >= 0.3 is 0 Å². The second-order valence-corrected chi connectivity index (χ2v) is 5.54. The molecule has 3 heterocycles. The molecule has 7 heteroatoms. The summed E-state index contributed by atoms with van der Waals surface area (Å²) < 4.78 is 13.6. The van der Waals surface area contributed by atoms with Gasteiger partial charge in [-0.2, -0.15) is 4.98 Å². The highest BCUT2D eigenvalue weighted by Gasteiger charge is 2.38. The third-order valence-corrected chi connectivity index (χ3v) is 4.34. The molecular weight excluding hydrogens is 290 g/mol. The third-order valence-electron chi connectivity index (χ3n) is 4.15. The summed E-state index contributed by atoms with van der Waals surface area (Å²) in [4.78, 5) is 9.97. The Bertz CT molecular complexity index is 445. The highest BCUT2D eigenvalue weighted by atomic mass is 35.5. The Morgan fingerprint density at radius 1 is 1.37 bits per heavy atom. The number of halogens is 3. The number of anilines is 1. The molecule has 3 atom stereocenters. The zero-order valence-corrected chi connectivity index (χ0v) is 12.2. The van der Waals surface area contributed by atoms with Crippen LogP contribution in [0.4, 0.5) is 10.2 Å². The first kappa shape index (κ1) is 14.8. The average Bonchev–Trinajstić information content (AvgIpc) is 2.58. The molecule has 0 spiro atoms. The Labute approximate surface area is 123 Å². The van der Waals surface area contributed by atoms with Crippen LogP contribution in [-0.4, -0.2) is 40.0 Å². The van der Waals surface area contributed by atoms with Gasteiger partial charge in [0.1, 0.15) is 0 Å². The minimum absolute atomic E-state index is 0. The zero-order valence-electron chi connectivity index (χ0n) is 10.6. The van der Waals surface area contributed by atoms with Crippen LogP contribution in [0.1, 0.15) is 25.7 Å². The molecule has 2 fully saturated rings. The van der Waals surface area contributed by atoms with Gasteiger partial charge in [-0.3, -0.25) is 0 Å². The molecule has 1 unspecified atom stereocenters. The highest BCUT2D eigenvalue weighted by molar-refractivity contribution is 6.28. The predicted molar refractivity (Wildman–Crippen MR) is 75.5 cm³/mol. The van der Waals surface area contributed by atoms with Crippen LogP contribution >= 0.6 is 24.0 Å². The fourth-order valence-corrected chi connectivity index (χ4v) is 3.30. The lowest BCUT2D eigenvalue weighted by molar-refractivity contribution is 0.168. The van der Waals surface area contributed by atoms with E-state index >= 15 is 0 Å². The van der Waals surface area contributed by atoms with Gasteiger partial charge in [0.05, 0.1) is 6.20 Å². The van der Waals surface area contributed by atoms with E-state index in [2.05, 4.69) is 27.2 Å². The van der Waals surface area contributed by atoms with E-state index < -0.39 is 5.82 Å². The van der Waals surface area contributed by atoms with Gasteiger partial charge < -0.3 is 10.2 Å². The van der Waals surface area contributed by atoms with Crippen molar-refractivity contribution in [2.24, 2.45) is 0 Å². The van der Waals surface area contributed by atoms with Crippen LogP contribution in [0.25, 0.3) is 0 Å². The Balaban J connectivity index is 0.00000133. The number of fused-ring (bicyclic) bond motifs is 2. The van der Waals surface area contributed by atoms with Crippen LogP contribution in [0.2, 0.25) is 5.28 Å². The van der Waals surface area contributed by atoms with Crippen LogP contribution < -0.4 is 5.32 Å². The van der Waals surface area contributed by atoms with Gasteiger partial charge in [0.2, 0.25) is 5.28 Å². The minimum Gasteiger partial charge on any atom is -0.365 e. The normalized spacial score (nSPS) is 29.9. The molecule has 4 nitrogen and oxygen atoms in total. The fourth-order valence-electron chi connectivity index (χ4n) is 3.17. The molecule has 0 amide bonds. The van der Waals surface area contributed by atoms with Crippen molar-refractivity contribution in [3.8, 4) is 0 Å². The monoisotopic (exact) mass is 306 g/mol. The highest BCUT2D eigenvalue weighted by Crippen LogP contribution is 2.35. The Kier molecular flexibility index (Phi) is 4.48. The van der Waals surface area contributed by atoms with Crippen molar-refractivity contribution in [1.82, 2.24) is 14.9 Å². The molecule has 3 rings (SSSR count). The maximum atomic E-state index is 13.6. The van der Waals surface area contributed by atoms with E-state index in [1.54, 1.807) is 0 Å². The second kappa shape index (κ2) is 5.77. The molecule has 2 aliphatic rings. The van der Waals surface area contributed by atoms with Crippen molar-refractivity contribution in [1.29, 1.82) is 0 Å². The molecule has 2 saturated heterocycles. The van der Waals surface area contributed by atoms with Crippen molar-refractivity contribution in [2.75, 3.05) is 12.4 Å². The van der Waals surface area contributed by atoms with Crippen molar-refractivity contribution >= 4 is 29.8 Å². The lowest BCUT2D eigenvalue weighted by Gasteiger charge is -2.36. The Morgan fingerprint density at radius 2 is 2.00 bits per heavy atom. The van der Waals surface area contributed by atoms with Crippen LogP contribution in [-0.2, 0) is 0 Å². The molecule has 1 N–H and O–H groups in total. The van der Waals surface area contributed by atoms with E-state index in [9.17, 15) is 4.39 Å². The van der Waals surface area contributed by atoms with Gasteiger partial charge in [-0.25, -0.2) is 9.37 Å². The molecule has 0 saturated carbocycles. The molecular formula is C12H17Cl2FN4. The largest absolute Gasteiger partial charge is 0.365 e. The summed E-state index contributed by atoms with van der Waals surface area (Å²) in [6.07, 6.45) is 5.67. The fraction of sp³-hybridized carbons (Fsp3) is 0.667. The van der Waals surface area contributed by atoms with Crippen molar-refractivity contribution in [3.05, 3.63) is 17.3 Å². The van der Waals surface area contributed by atoms with Crippen molar-refractivity contribution in [3.63, 3.8) is 0 Å². The number of hydrogen-bond acceptors (Lipinski definition) is 4. The van der Waals surface area contributed by atoms with E-state index in [1.165, 1.54) is 12.8 Å². The average molecular weight is 307 g/mol. The molecule has 0 aromatic carbocycles. The number of nitrogens with one attached hydrogen (secondary N) is 1. The second-order valence-electron chi connectivity index (χ2n) is 5.20. The van der Waals surface area contributed by atoms with Gasteiger partial charge in [-0.05, 0) is 44.3 Å². The van der Waals surface area contributed by atoms with E-state index in [0.29, 0.717) is 12.1 Å². The molecule has 0 aliphatic carbocycles. The molecule has 0 radical (unpaired) electrons. The van der Waals surface area contributed by atoms with Crippen LogP contribution in [0, 0.1) is 5.82 Å². The molecule has 1 aromatic rings. The summed E-state index contributed by atoms with van der Waals surface area (Å²) in [5, 5.41) is 3.25. The van der Waals surface area contributed by atoms with E-state index in [4.69, 9.17) is 11.6 Å². The number of aromatic nitrogens is 2. The van der Waals surface area contributed by atoms with Crippen LogP contribution in [0.3, 0.4) is 0 Å². The van der Waals surface area contributed by atoms with E-state index in [-0.39, 0.29) is 29.6 Å². The summed E-state index contributed by atoms with van der Waals surface area (Å²) >= 11 is 5.69. The third kappa shape index (κ3) is 2.93. The van der Waals surface area contributed by atoms with Gasteiger partial charge in [-0.15, -0.1) is 12.4 Å². The van der Waals surface area contributed by atoms with E-state index in [1.807, 2.05) is 0 Å². The number of rotatable bonds is 2. The lowest BCUT2D eigenvalue weighted by Crippen LogP contribution is -2.44. The van der Waals surface area contributed by atoms with E-state index in [0.717, 1.165) is 19.0 Å². The topological polar surface area (TPSA) is 41.0 Å². The van der Waals surface area contributed by atoms with Crippen LogP contribution in [0.5, 0.6) is 0 Å². The Morgan fingerprint density at radius 3 is 2.63 bits per heavy atom. The Hall–Kier alpha value is -0.650. The quantitative estimate of drug-likeness (QED) is 0.853. The maximum Gasteiger partial charge on any atom is 0.224 e. The first-order chi connectivity index (χ1) is 8.63. The first-order valence-corrected chi connectivity index (χ1v) is 6.68. The number of hydrogen-bond donors (Lipinski definition) is 1. The number of piperidine rings is 1. The minimum atomic E-state index is -0.439. The predicted octanol–water partition coefficient (Wildman–Crippen LogP) is 2.73. The summed E-state index contributed by atoms with van der Waals surface area (Å²) in [5.41, 5.74) is 0. The summed E-state index contributed by atoms with van der Waals surface area (Å²) in [7, 11) is 2.18. The van der Waals surface area contributed by atoms with Crippen molar-refractivity contribution < 1.29 is 4.39 Å². The van der Waals surface area contributed by atoms with Gasteiger partial charge in [-0.1, -0.05) is 0 Å². The van der Waals surface area contributed by atoms with Crippen LogP contribution in [0.15, 0.2) is 6.20 Å². The molecule has 19 heavy (non-hydrogen) atoms. The molecule has 1 aromatic heterocycles. The van der Waals surface area contributed by atoms with Gasteiger partial charge in [0, 0.05) is 18.1 Å². The van der Waals surface area contributed by atoms with Gasteiger partial charge in [0.15, 0.2) is 11.6 Å². The maximum absolute atomic E-state index is 13.6. The summed E-state index contributed by atoms with van der Waals surface area (Å²) in [6.45, 7) is 0. The number of nitrogens with zero attached hydrogens (tertiary/aromatic N) is 3. The molecule has 2 bridgehead atoms. The summed E-state index contributed by atoms with van der Waals surface area (Å²) in [6, 6.07) is 1.50.